The number of rotatable bonds is 6. The van der Waals surface area contributed by atoms with Crippen LogP contribution in [0.4, 0.5) is 0 Å². The lowest BCUT2D eigenvalue weighted by Gasteiger charge is -2.32. The van der Waals surface area contributed by atoms with E-state index < -0.39 is 10.0 Å². The molecule has 1 aliphatic heterocycles. The molecule has 0 amide bonds. The van der Waals surface area contributed by atoms with E-state index in [2.05, 4.69) is 19.2 Å². The lowest BCUT2D eigenvalue weighted by atomic mass is 9.98. The molecule has 0 spiro atoms. The molecule has 108 valence electrons. The smallest absolute Gasteiger partial charge is 0.211 e. The number of nitrogens with one attached hydrogen (secondary N) is 1. The zero-order valence-corrected chi connectivity index (χ0v) is 12.4. The van der Waals surface area contributed by atoms with Crippen LogP contribution in [0.2, 0.25) is 0 Å². The Bertz CT molecular complexity index is 343. The molecule has 5 nitrogen and oxygen atoms in total. The fourth-order valence-corrected chi connectivity index (χ4v) is 3.27. The summed E-state index contributed by atoms with van der Waals surface area (Å²) in [5, 5.41) is 12.6. The summed E-state index contributed by atoms with van der Waals surface area (Å²) in [4.78, 5) is 0. The minimum absolute atomic E-state index is 0.0959. The van der Waals surface area contributed by atoms with E-state index >= 15 is 0 Å². The van der Waals surface area contributed by atoms with Crippen LogP contribution in [0.25, 0.3) is 0 Å². The quantitative estimate of drug-likeness (QED) is 0.731. The number of nitrogens with zero attached hydrogens (tertiary/aromatic N) is 1. The fraction of sp³-hybridized carbons (Fsp3) is 1.00. The van der Waals surface area contributed by atoms with Crippen LogP contribution in [0.15, 0.2) is 0 Å². The first-order chi connectivity index (χ1) is 8.34. The third-order valence-electron chi connectivity index (χ3n) is 3.62. The van der Waals surface area contributed by atoms with Gasteiger partial charge in [0.15, 0.2) is 0 Å². The van der Waals surface area contributed by atoms with E-state index in [1.54, 1.807) is 4.31 Å². The Morgan fingerprint density at radius 2 is 2.11 bits per heavy atom. The molecule has 2 N–H and O–H groups in total. The van der Waals surface area contributed by atoms with E-state index in [0.717, 1.165) is 19.4 Å². The molecule has 2 atom stereocenters. The Morgan fingerprint density at radius 3 is 2.61 bits per heavy atom. The van der Waals surface area contributed by atoms with Crippen LogP contribution in [0, 0.1) is 11.8 Å². The highest BCUT2D eigenvalue weighted by Crippen LogP contribution is 2.18. The summed E-state index contributed by atoms with van der Waals surface area (Å²) in [7, 11) is -3.06. The molecule has 1 unspecified atom stereocenters. The molecule has 1 fully saturated rings. The topological polar surface area (TPSA) is 69.6 Å². The van der Waals surface area contributed by atoms with Crippen LogP contribution in [0.3, 0.4) is 0 Å². The van der Waals surface area contributed by atoms with Gasteiger partial charge in [0, 0.05) is 19.1 Å². The van der Waals surface area contributed by atoms with Gasteiger partial charge < -0.3 is 10.4 Å². The summed E-state index contributed by atoms with van der Waals surface area (Å²) >= 11 is 0. The molecule has 0 aromatic heterocycles. The average molecular weight is 278 g/mol. The molecule has 0 aromatic rings. The van der Waals surface area contributed by atoms with Gasteiger partial charge in [0.05, 0.1) is 12.9 Å². The summed E-state index contributed by atoms with van der Waals surface area (Å²) in [6.45, 7) is 6.27. The third kappa shape index (κ3) is 4.84. The number of aliphatic hydroxyl groups is 1. The standard InChI is InChI=1S/C12H26N2O3S/c1-10(2)12(9-15)13-7-11-5-4-6-14(8-11)18(3,16)17/h10-13,15H,4-9H2,1-3H3/t11?,12-/m1/s1. The highest BCUT2D eigenvalue weighted by Gasteiger charge is 2.26. The molecule has 1 rings (SSSR count). The first-order valence-electron chi connectivity index (χ1n) is 6.64. The van der Waals surface area contributed by atoms with Gasteiger partial charge >= 0.3 is 0 Å². The van der Waals surface area contributed by atoms with Gasteiger partial charge in [-0.1, -0.05) is 13.8 Å². The average Bonchev–Trinajstić information content (AvgIpc) is 2.28. The summed E-state index contributed by atoms with van der Waals surface area (Å²) in [5.74, 6) is 0.728. The van der Waals surface area contributed by atoms with E-state index in [0.29, 0.717) is 24.9 Å². The van der Waals surface area contributed by atoms with Crippen LogP contribution >= 0.6 is 0 Å². The molecule has 0 bridgehead atoms. The molecule has 0 radical (unpaired) electrons. The van der Waals surface area contributed by atoms with E-state index in [1.807, 2.05) is 0 Å². The SMILES string of the molecule is CC(C)[C@@H](CO)NCC1CCCN(S(C)(=O)=O)C1. The van der Waals surface area contributed by atoms with Gasteiger partial charge in [-0.25, -0.2) is 12.7 Å². The summed E-state index contributed by atoms with van der Waals surface area (Å²) in [6, 6.07) is 0.0959. The van der Waals surface area contributed by atoms with Crippen molar-refractivity contribution < 1.29 is 13.5 Å². The van der Waals surface area contributed by atoms with Gasteiger partial charge in [-0.15, -0.1) is 0 Å². The Morgan fingerprint density at radius 1 is 1.44 bits per heavy atom. The van der Waals surface area contributed by atoms with Gasteiger partial charge in [-0.2, -0.15) is 0 Å². The Hall–Kier alpha value is -0.170. The summed E-state index contributed by atoms with van der Waals surface area (Å²) in [6.07, 6.45) is 3.24. The van der Waals surface area contributed by atoms with Gasteiger partial charge in [0.2, 0.25) is 10.0 Å². The maximum absolute atomic E-state index is 11.5. The Kier molecular flexibility index (Phi) is 6.04. The van der Waals surface area contributed by atoms with Gasteiger partial charge in [0.1, 0.15) is 0 Å². The van der Waals surface area contributed by atoms with Gasteiger partial charge in [0.25, 0.3) is 0 Å². The van der Waals surface area contributed by atoms with Crippen LogP contribution in [0.1, 0.15) is 26.7 Å². The highest BCUT2D eigenvalue weighted by atomic mass is 32.2. The number of aliphatic hydroxyl groups excluding tert-OH is 1. The van der Waals surface area contributed by atoms with Crippen molar-refractivity contribution in [2.75, 3.05) is 32.5 Å². The first kappa shape index (κ1) is 15.9. The van der Waals surface area contributed by atoms with Crippen LogP contribution in [0.5, 0.6) is 0 Å². The van der Waals surface area contributed by atoms with Crippen molar-refractivity contribution >= 4 is 10.0 Å². The van der Waals surface area contributed by atoms with Crippen LogP contribution < -0.4 is 5.32 Å². The molecular formula is C12H26N2O3S. The lowest BCUT2D eigenvalue weighted by Crippen LogP contribution is -2.45. The van der Waals surface area contributed by atoms with Crippen LogP contribution in [-0.2, 0) is 10.0 Å². The normalized spacial score (nSPS) is 24.4. The predicted molar refractivity (Wildman–Crippen MR) is 72.9 cm³/mol. The van der Waals surface area contributed by atoms with E-state index in [4.69, 9.17) is 0 Å². The second kappa shape index (κ2) is 6.84. The zero-order valence-electron chi connectivity index (χ0n) is 11.6. The largest absolute Gasteiger partial charge is 0.395 e. The molecule has 0 aromatic carbocycles. The van der Waals surface area contributed by atoms with Gasteiger partial charge in [-0.3, -0.25) is 0 Å². The minimum atomic E-state index is -3.06. The predicted octanol–water partition coefficient (Wildman–Crippen LogP) is 0.265. The number of sulfonamides is 1. The molecule has 1 heterocycles. The molecular weight excluding hydrogens is 252 g/mol. The fourth-order valence-electron chi connectivity index (χ4n) is 2.32. The van der Waals surface area contributed by atoms with Crippen molar-refractivity contribution in [2.45, 2.75) is 32.7 Å². The van der Waals surface area contributed by atoms with Crippen molar-refractivity contribution in [1.82, 2.24) is 9.62 Å². The molecule has 1 saturated heterocycles. The van der Waals surface area contributed by atoms with Crippen molar-refractivity contribution in [3.05, 3.63) is 0 Å². The van der Waals surface area contributed by atoms with Crippen molar-refractivity contribution in [3.63, 3.8) is 0 Å². The number of hydrogen-bond acceptors (Lipinski definition) is 4. The minimum Gasteiger partial charge on any atom is -0.395 e. The molecule has 0 aliphatic carbocycles. The van der Waals surface area contributed by atoms with E-state index in [1.165, 1.54) is 6.26 Å². The van der Waals surface area contributed by atoms with Gasteiger partial charge in [-0.05, 0) is 31.2 Å². The van der Waals surface area contributed by atoms with Crippen molar-refractivity contribution in [3.8, 4) is 0 Å². The second-order valence-corrected chi connectivity index (χ2v) is 7.55. The summed E-state index contributed by atoms with van der Waals surface area (Å²) < 4.78 is 24.6. The molecule has 18 heavy (non-hydrogen) atoms. The highest BCUT2D eigenvalue weighted by molar-refractivity contribution is 7.88. The molecule has 0 saturated carbocycles. The van der Waals surface area contributed by atoms with Crippen LogP contribution in [-0.4, -0.2) is 56.4 Å². The maximum atomic E-state index is 11.5. The molecule has 6 heteroatoms. The molecule has 1 aliphatic rings. The first-order valence-corrected chi connectivity index (χ1v) is 8.48. The van der Waals surface area contributed by atoms with E-state index in [9.17, 15) is 13.5 Å². The monoisotopic (exact) mass is 278 g/mol. The number of hydrogen-bond donors (Lipinski definition) is 2. The Labute approximate surface area is 111 Å². The zero-order chi connectivity index (χ0) is 13.8. The number of piperidine rings is 1. The Balaban J connectivity index is 2.43. The third-order valence-corrected chi connectivity index (χ3v) is 4.89. The second-order valence-electron chi connectivity index (χ2n) is 5.57. The lowest BCUT2D eigenvalue weighted by molar-refractivity contribution is 0.192. The van der Waals surface area contributed by atoms with E-state index in [-0.39, 0.29) is 12.6 Å². The maximum Gasteiger partial charge on any atom is 0.211 e. The summed E-state index contributed by atoms with van der Waals surface area (Å²) in [5.41, 5.74) is 0. The van der Waals surface area contributed by atoms with Crippen molar-refractivity contribution in [1.29, 1.82) is 0 Å². The van der Waals surface area contributed by atoms with Crippen molar-refractivity contribution in [2.24, 2.45) is 11.8 Å².